The summed E-state index contributed by atoms with van der Waals surface area (Å²) in [6.07, 6.45) is 0. The zero-order chi connectivity index (χ0) is 11.7. The Kier molecular flexibility index (Phi) is 3.47. The predicted molar refractivity (Wildman–Crippen MR) is 68.7 cm³/mol. The third kappa shape index (κ3) is 2.21. The van der Waals surface area contributed by atoms with Crippen molar-refractivity contribution in [2.45, 2.75) is 27.0 Å². The summed E-state index contributed by atoms with van der Waals surface area (Å²) in [6.45, 7) is 4.75. The van der Waals surface area contributed by atoms with Gasteiger partial charge in [0.05, 0.1) is 18.8 Å². The van der Waals surface area contributed by atoms with Crippen molar-refractivity contribution < 1.29 is 5.11 Å². The molecule has 86 valence electrons. The average molecular weight is 301 g/mol. The van der Waals surface area contributed by atoms with E-state index < -0.39 is 0 Å². The lowest BCUT2D eigenvalue weighted by atomic mass is 10.2. The largest absolute Gasteiger partial charge is 0.392 e. The van der Waals surface area contributed by atoms with Crippen LogP contribution in [0.3, 0.4) is 0 Å². The van der Waals surface area contributed by atoms with Gasteiger partial charge < -0.3 is 5.11 Å². The number of rotatable bonds is 3. The number of halogens is 1. The molecule has 0 spiro atoms. The number of aromatic nitrogens is 2. The Morgan fingerprint density at radius 2 is 2.25 bits per heavy atom. The van der Waals surface area contributed by atoms with Crippen LogP contribution in [-0.2, 0) is 13.2 Å². The number of hydrogen-bond donors (Lipinski definition) is 1. The Labute approximate surface area is 107 Å². The van der Waals surface area contributed by atoms with E-state index in [0.29, 0.717) is 0 Å². The first-order valence-corrected chi connectivity index (χ1v) is 6.65. The van der Waals surface area contributed by atoms with E-state index in [0.717, 1.165) is 28.0 Å². The molecule has 0 radical (unpaired) electrons. The number of nitrogens with zero attached hydrogens (tertiary/aromatic N) is 2. The summed E-state index contributed by atoms with van der Waals surface area (Å²) >= 11 is 5.14. The second kappa shape index (κ2) is 4.69. The number of aliphatic hydroxyl groups is 1. The molecule has 0 aliphatic rings. The van der Waals surface area contributed by atoms with Crippen LogP contribution in [0.25, 0.3) is 0 Å². The second-order valence-corrected chi connectivity index (χ2v) is 5.61. The Bertz CT molecular complexity index is 504. The first kappa shape index (κ1) is 11.8. The number of aliphatic hydroxyl groups excluding tert-OH is 1. The normalized spacial score (nSPS) is 11.0. The molecule has 0 saturated carbocycles. The van der Waals surface area contributed by atoms with Crippen LogP contribution in [0.4, 0.5) is 0 Å². The van der Waals surface area contributed by atoms with Crippen LogP contribution in [0.5, 0.6) is 0 Å². The summed E-state index contributed by atoms with van der Waals surface area (Å²) in [7, 11) is 0. The van der Waals surface area contributed by atoms with E-state index in [-0.39, 0.29) is 6.61 Å². The van der Waals surface area contributed by atoms with Crippen molar-refractivity contribution >= 4 is 27.3 Å². The highest BCUT2D eigenvalue weighted by Gasteiger charge is 2.11. The van der Waals surface area contributed by atoms with Crippen LogP contribution < -0.4 is 0 Å². The molecular weight excluding hydrogens is 288 g/mol. The van der Waals surface area contributed by atoms with Gasteiger partial charge in [0.2, 0.25) is 0 Å². The SMILES string of the molecule is Cc1nn(Cc2cc(Br)cs2)c(C)c1CO. The van der Waals surface area contributed by atoms with Crippen LogP contribution in [0.15, 0.2) is 15.9 Å². The van der Waals surface area contributed by atoms with E-state index in [2.05, 4.69) is 32.5 Å². The van der Waals surface area contributed by atoms with Gasteiger partial charge in [-0.25, -0.2) is 0 Å². The fourth-order valence-electron chi connectivity index (χ4n) is 1.70. The summed E-state index contributed by atoms with van der Waals surface area (Å²) in [5, 5.41) is 15.7. The topological polar surface area (TPSA) is 38.0 Å². The standard InChI is InChI=1S/C11H13BrN2OS/c1-7-11(5-15)8(2)14(13-7)4-10-3-9(12)6-16-10/h3,6,15H,4-5H2,1-2H3. The van der Waals surface area contributed by atoms with Crippen LogP contribution >= 0.6 is 27.3 Å². The summed E-state index contributed by atoms with van der Waals surface area (Å²) in [5.74, 6) is 0. The number of hydrogen-bond acceptors (Lipinski definition) is 3. The smallest absolute Gasteiger partial charge is 0.0755 e. The number of aryl methyl sites for hydroxylation is 1. The first-order chi connectivity index (χ1) is 7.61. The highest BCUT2D eigenvalue weighted by Crippen LogP contribution is 2.22. The predicted octanol–water partition coefficient (Wildman–Crippen LogP) is 2.86. The van der Waals surface area contributed by atoms with Crippen LogP contribution in [0, 0.1) is 13.8 Å². The quantitative estimate of drug-likeness (QED) is 0.946. The van der Waals surface area contributed by atoms with Gasteiger partial charge in [-0.3, -0.25) is 4.68 Å². The summed E-state index contributed by atoms with van der Waals surface area (Å²) in [6, 6.07) is 2.10. The molecule has 0 atom stereocenters. The van der Waals surface area contributed by atoms with E-state index >= 15 is 0 Å². The maximum Gasteiger partial charge on any atom is 0.0755 e. The van der Waals surface area contributed by atoms with E-state index in [4.69, 9.17) is 0 Å². The molecule has 16 heavy (non-hydrogen) atoms. The molecule has 0 amide bonds. The van der Waals surface area contributed by atoms with Crippen molar-refractivity contribution in [2.75, 3.05) is 0 Å². The first-order valence-electron chi connectivity index (χ1n) is 4.98. The molecule has 0 unspecified atom stereocenters. The van der Waals surface area contributed by atoms with Gasteiger partial charge in [-0.1, -0.05) is 0 Å². The fraction of sp³-hybridized carbons (Fsp3) is 0.364. The van der Waals surface area contributed by atoms with Gasteiger partial charge in [0.25, 0.3) is 0 Å². The van der Waals surface area contributed by atoms with Crippen molar-refractivity contribution in [3.05, 3.63) is 37.7 Å². The van der Waals surface area contributed by atoms with Crippen molar-refractivity contribution in [1.29, 1.82) is 0 Å². The molecule has 0 aliphatic heterocycles. The second-order valence-electron chi connectivity index (χ2n) is 3.70. The van der Waals surface area contributed by atoms with Gasteiger partial charge in [-0.05, 0) is 35.8 Å². The van der Waals surface area contributed by atoms with Crippen molar-refractivity contribution in [3.63, 3.8) is 0 Å². The molecule has 0 fully saturated rings. The van der Waals surface area contributed by atoms with E-state index in [9.17, 15) is 5.11 Å². The minimum absolute atomic E-state index is 0.0613. The molecule has 2 aromatic rings. The van der Waals surface area contributed by atoms with Gasteiger partial charge in [-0.15, -0.1) is 11.3 Å². The minimum atomic E-state index is 0.0613. The van der Waals surface area contributed by atoms with E-state index in [1.165, 1.54) is 4.88 Å². The zero-order valence-corrected chi connectivity index (χ0v) is 11.6. The lowest BCUT2D eigenvalue weighted by Gasteiger charge is -2.02. The van der Waals surface area contributed by atoms with Gasteiger partial charge in [0, 0.05) is 26.0 Å². The molecule has 5 heteroatoms. The Hall–Kier alpha value is -0.650. The lowest BCUT2D eigenvalue weighted by molar-refractivity contribution is 0.280. The number of thiophene rings is 1. The average Bonchev–Trinajstić information content (AvgIpc) is 2.74. The van der Waals surface area contributed by atoms with Crippen LogP contribution in [0.2, 0.25) is 0 Å². The fourth-order valence-corrected chi connectivity index (χ4v) is 3.13. The molecule has 3 nitrogen and oxygen atoms in total. The molecule has 2 rings (SSSR count). The van der Waals surface area contributed by atoms with Crippen molar-refractivity contribution in [2.24, 2.45) is 0 Å². The maximum absolute atomic E-state index is 9.22. The molecule has 2 aromatic heterocycles. The maximum atomic E-state index is 9.22. The highest BCUT2D eigenvalue weighted by atomic mass is 79.9. The Morgan fingerprint density at radius 1 is 1.50 bits per heavy atom. The molecule has 0 aromatic carbocycles. The summed E-state index contributed by atoms with van der Waals surface area (Å²) < 4.78 is 3.05. The van der Waals surface area contributed by atoms with Gasteiger partial charge >= 0.3 is 0 Å². The molecule has 2 heterocycles. The van der Waals surface area contributed by atoms with E-state index in [1.807, 2.05) is 18.5 Å². The summed E-state index contributed by atoms with van der Waals surface area (Å²) in [4.78, 5) is 1.25. The molecule has 0 bridgehead atoms. The monoisotopic (exact) mass is 300 g/mol. The van der Waals surface area contributed by atoms with Gasteiger partial charge in [0.1, 0.15) is 0 Å². The Balaban J connectivity index is 2.28. The molecule has 0 aliphatic carbocycles. The van der Waals surface area contributed by atoms with Crippen molar-refractivity contribution in [3.8, 4) is 0 Å². The van der Waals surface area contributed by atoms with Gasteiger partial charge in [-0.2, -0.15) is 5.10 Å². The third-order valence-corrected chi connectivity index (χ3v) is 4.30. The van der Waals surface area contributed by atoms with Crippen molar-refractivity contribution in [1.82, 2.24) is 9.78 Å². The molecular formula is C11H13BrN2OS. The highest BCUT2D eigenvalue weighted by molar-refractivity contribution is 9.10. The summed E-state index contributed by atoms with van der Waals surface area (Å²) in [5.41, 5.74) is 2.90. The molecule has 0 saturated heterocycles. The van der Waals surface area contributed by atoms with Crippen LogP contribution in [0.1, 0.15) is 21.8 Å². The zero-order valence-electron chi connectivity index (χ0n) is 9.20. The lowest BCUT2D eigenvalue weighted by Crippen LogP contribution is -2.02. The van der Waals surface area contributed by atoms with Crippen LogP contribution in [-0.4, -0.2) is 14.9 Å². The van der Waals surface area contributed by atoms with E-state index in [1.54, 1.807) is 11.3 Å². The van der Waals surface area contributed by atoms with Gasteiger partial charge in [0.15, 0.2) is 0 Å². The molecule has 1 N–H and O–H groups in total. The third-order valence-electron chi connectivity index (χ3n) is 2.62. The Morgan fingerprint density at radius 3 is 2.75 bits per heavy atom. The minimum Gasteiger partial charge on any atom is -0.392 e.